The fourth-order valence-corrected chi connectivity index (χ4v) is 1.93. The van der Waals surface area contributed by atoms with E-state index in [4.69, 9.17) is 0 Å². The van der Waals surface area contributed by atoms with Gasteiger partial charge in [-0.3, -0.25) is 4.79 Å². The molecule has 1 aliphatic rings. The summed E-state index contributed by atoms with van der Waals surface area (Å²) in [7, 11) is 0. The minimum atomic E-state index is -1.27. The van der Waals surface area contributed by atoms with Crippen molar-refractivity contribution in [1.29, 1.82) is 0 Å². The molecule has 0 aromatic heterocycles. The summed E-state index contributed by atoms with van der Waals surface area (Å²) in [4.78, 5) is 23.5. The first-order valence-electron chi connectivity index (χ1n) is 5.26. The van der Waals surface area contributed by atoms with Crippen molar-refractivity contribution in [3.05, 3.63) is 29.6 Å². The Morgan fingerprint density at radius 2 is 2.24 bits per heavy atom. The van der Waals surface area contributed by atoms with E-state index in [1.54, 1.807) is 13.0 Å². The Labute approximate surface area is 97.7 Å². The van der Waals surface area contributed by atoms with Gasteiger partial charge in [-0.05, 0) is 24.6 Å². The smallest absolute Gasteiger partial charge is 0.227 e. The van der Waals surface area contributed by atoms with Gasteiger partial charge in [0.1, 0.15) is 5.82 Å². The molecule has 17 heavy (non-hydrogen) atoms. The number of amides is 1. The molecule has 1 aromatic rings. The van der Waals surface area contributed by atoms with Gasteiger partial charge in [0.2, 0.25) is 5.91 Å². The van der Waals surface area contributed by atoms with Crippen molar-refractivity contribution in [2.24, 2.45) is 5.92 Å². The summed E-state index contributed by atoms with van der Waals surface area (Å²) >= 11 is 0. The van der Waals surface area contributed by atoms with Gasteiger partial charge >= 0.3 is 0 Å². The van der Waals surface area contributed by atoms with Gasteiger partial charge in [0.15, 0.2) is 0 Å². The number of rotatable bonds is 2. The van der Waals surface area contributed by atoms with Crippen LogP contribution >= 0.6 is 0 Å². The summed E-state index contributed by atoms with van der Waals surface area (Å²) in [6, 6.07) is 4.39. The van der Waals surface area contributed by atoms with E-state index in [9.17, 15) is 19.1 Å². The summed E-state index contributed by atoms with van der Waals surface area (Å²) in [6.45, 7) is 1.75. The maximum atomic E-state index is 13.6. The van der Waals surface area contributed by atoms with E-state index in [1.807, 2.05) is 0 Å². The Balaban J connectivity index is 2.32. The van der Waals surface area contributed by atoms with Crippen LogP contribution in [0.3, 0.4) is 0 Å². The van der Waals surface area contributed by atoms with Crippen LogP contribution in [0.5, 0.6) is 0 Å². The summed E-state index contributed by atoms with van der Waals surface area (Å²) in [5.41, 5.74) is 0.949. The van der Waals surface area contributed by atoms with Crippen molar-refractivity contribution >= 4 is 17.6 Å². The average Bonchev–Trinajstić information content (AvgIpc) is 2.64. The molecular formula is C12H11FNO3-. The van der Waals surface area contributed by atoms with E-state index >= 15 is 0 Å². The van der Waals surface area contributed by atoms with Gasteiger partial charge in [-0.2, -0.15) is 0 Å². The Kier molecular flexibility index (Phi) is 2.83. The molecule has 1 heterocycles. The highest BCUT2D eigenvalue weighted by Crippen LogP contribution is 2.27. The van der Waals surface area contributed by atoms with Crippen LogP contribution in [-0.4, -0.2) is 18.4 Å². The molecule has 90 valence electrons. The second kappa shape index (κ2) is 4.16. The molecule has 4 nitrogen and oxygen atoms in total. The molecule has 0 spiro atoms. The number of aryl methyl sites for hydroxylation is 1. The summed E-state index contributed by atoms with van der Waals surface area (Å²) in [6.07, 6.45) is -0.129. The first-order valence-corrected chi connectivity index (χ1v) is 5.26. The van der Waals surface area contributed by atoms with Crippen LogP contribution in [0.15, 0.2) is 18.2 Å². The van der Waals surface area contributed by atoms with Gasteiger partial charge in [0.25, 0.3) is 0 Å². The number of benzene rings is 1. The molecule has 5 heteroatoms. The van der Waals surface area contributed by atoms with Gasteiger partial charge < -0.3 is 14.8 Å². The SMILES string of the molecule is Cc1ccc(F)c(N2C[C@H](C(=O)[O-])CC2=O)c1. The van der Waals surface area contributed by atoms with Crippen LogP contribution in [0.4, 0.5) is 10.1 Å². The maximum absolute atomic E-state index is 13.6. The third-order valence-electron chi connectivity index (χ3n) is 2.85. The lowest BCUT2D eigenvalue weighted by atomic mass is 10.1. The van der Waals surface area contributed by atoms with Crippen molar-refractivity contribution < 1.29 is 19.1 Å². The van der Waals surface area contributed by atoms with E-state index in [-0.39, 0.29) is 24.6 Å². The number of anilines is 1. The van der Waals surface area contributed by atoms with Crippen LogP contribution in [-0.2, 0) is 9.59 Å². The predicted molar refractivity (Wildman–Crippen MR) is 56.6 cm³/mol. The molecular weight excluding hydrogens is 225 g/mol. The fourth-order valence-electron chi connectivity index (χ4n) is 1.93. The number of carbonyl (C=O) groups excluding carboxylic acids is 2. The van der Waals surface area contributed by atoms with Crippen molar-refractivity contribution in [2.75, 3.05) is 11.4 Å². The van der Waals surface area contributed by atoms with E-state index in [0.717, 1.165) is 5.56 Å². The van der Waals surface area contributed by atoms with Crippen molar-refractivity contribution in [3.8, 4) is 0 Å². The molecule has 1 amide bonds. The number of carboxylic acids is 1. The van der Waals surface area contributed by atoms with Crippen molar-refractivity contribution in [3.63, 3.8) is 0 Å². The predicted octanol–water partition coefficient (Wildman–Crippen LogP) is 0.237. The third kappa shape index (κ3) is 2.13. The largest absolute Gasteiger partial charge is 0.550 e. The van der Waals surface area contributed by atoms with E-state index in [0.29, 0.717) is 0 Å². The lowest BCUT2D eigenvalue weighted by molar-refractivity contribution is -0.310. The third-order valence-corrected chi connectivity index (χ3v) is 2.85. The minimum Gasteiger partial charge on any atom is -0.550 e. The number of hydrogen-bond acceptors (Lipinski definition) is 3. The monoisotopic (exact) mass is 236 g/mol. The van der Waals surface area contributed by atoms with Gasteiger partial charge in [-0.15, -0.1) is 0 Å². The number of carboxylic acid groups (broad SMARTS) is 1. The normalized spacial score (nSPS) is 19.8. The van der Waals surface area contributed by atoms with Gasteiger partial charge in [-0.25, -0.2) is 4.39 Å². The summed E-state index contributed by atoms with van der Waals surface area (Å²) < 4.78 is 13.6. The number of halogens is 1. The van der Waals surface area contributed by atoms with E-state index < -0.39 is 17.7 Å². The van der Waals surface area contributed by atoms with Crippen molar-refractivity contribution in [2.45, 2.75) is 13.3 Å². The van der Waals surface area contributed by atoms with Crippen LogP contribution in [0, 0.1) is 18.7 Å². The molecule has 0 radical (unpaired) electrons. The molecule has 1 fully saturated rings. The van der Waals surface area contributed by atoms with E-state index in [1.165, 1.54) is 17.0 Å². The summed E-state index contributed by atoms with van der Waals surface area (Å²) in [5.74, 6) is -3.04. The molecule has 0 N–H and O–H groups in total. The quantitative estimate of drug-likeness (QED) is 0.738. The molecule has 0 aliphatic carbocycles. The van der Waals surface area contributed by atoms with Crippen LogP contribution in [0.1, 0.15) is 12.0 Å². The Morgan fingerprint density at radius 1 is 1.53 bits per heavy atom. The number of nitrogens with zero attached hydrogens (tertiary/aromatic N) is 1. The standard InChI is InChI=1S/C12H12FNO3/c1-7-2-3-9(13)10(4-7)14-6-8(12(16)17)5-11(14)15/h2-4,8H,5-6H2,1H3,(H,16,17)/p-1/t8-/m1/s1. The molecule has 0 unspecified atom stereocenters. The molecule has 0 bridgehead atoms. The highest BCUT2D eigenvalue weighted by atomic mass is 19.1. The molecule has 2 rings (SSSR count). The highest BCUT2D eigenvalue weighted by molar-refractivity contribution is 5.99. The number of hydrogen-bond donors (Lipinski definition) is 0. The summed E-state index contributed by atoms with van der Waals surface area (Å²) in [5, 5.41) is 10.7. The lowest BCUT2D eigenvalue weighted by Crippen LogP contribution is -2.33. The molecule has 1 aliphatic heterocycles. The zero-order chi connectivity index (χ0) is 12.6. The molecule has 1 saturated heterocycles. The zero-order valence-corrected chi connectivity index (χ0v) is 9.27. The van der Waals surface area contributed by atoms with Gasteiger partial charge in [0.05, 0.1) is 5.69 Å². The Bertz CT molecular complexity index is 487. The number of aliphatic carboxylic acids is 1. The van der Waals surface area contributed by atoms with Crippen LogP contribution < -0.4 is 10.0 Å². The molecule has 1 aromatic carbocycles. The van der Waals surface area contributed by atoms with Crippen molar-refractivity contribution in [1.82, 2.24) is 0 Å². The lowest BCUT2D eigenvalue weighted by Gasteiger charge is -2.18. The second-order valence-electron chi connectivity index (χ2n) is 4.18. The fraction of sp³-hybridized carbons (Fsp3) is 0.333. The number of carbonyl (C=O) groups is 2. The van der Waals surface area contributed by atoms with Gasteiger partial charge in [-0.1, -0.05) is 6.07 Å². The second-order valence-corrected chi connectivity index (χ2v) is 4.18. The van der Waals surface area contributed by atoms with E-state index in [2.05, 4.69) is 0 Å². The minimum absolute atomic E-state index is 0.0263. The van der Waals surface area contributed by atoms with Crippen LogP contribution in [0.2, 0.25) is 0 Å². The molecule has 1 atom stereocenters. The highest BCUT2D eigenvalue weighted by Gasteiger charge is 2.32. The molecule has 0 saturated carbocycles. The van der Waals surface area contributed by atoms with Gasteiger partial charge in [0, 0.05) is 24.9 Å². The first-order chi connectivity index (χ1) is 7.99. The zero-order valence-electron chi connectivity index (χ0n) is 9.27. The van der Waals surface area contributed by atoms with Crippen LogP contribution in [0.25, 0.3) is 0 Å². The average molecular weight is 236 g/mol. The maximum Gasteiger partial charge on any atom is 0.227 e. The Morgan fingerprint density at radius 3 is 2.82 bits per heavy atom. The first kappa shape index (κ1) is 11.6. The Hall–Kier alpha value is -1.91. The topological polar surface area (TPSA) is 60.4 Å².